The Morgan fingerprint density at radius 1 is 1.33 bits per heavy atom. The van der Waals surface area contributed by atoms with Crippen molar-refractivity contribution in [2.45, 2.75) is 11.4 Å². The zero-order chi connectivity index (χ0) is 15.3. The molecule has 1 aromatic carbocycles. The molecule has 6 nitrogen and oxygen atoms in total. The second-order valence-electron chi connectivity index (χ2n) is 4.27. The van der Waals surface area contributed by atoms with Gasteiger partial charge in [0.05, 0.1) is 23.7 Å². The van der Waals surface area contributed by atoms with Gasteiger partial charge in [-0.15, -0.1) is 0 Å². The van der Waals surface area contributed by atoms with Gasteiger partial charge in [0.25, 0.3) is 0 Å². The molecule has 1 aromatic heterocycles. The Morgan fingerprint density at radius 2 is 2.10 bits per heavy atom. The van der Waals surface area contributed by atoms with Crippen molar-refractivity contribution in [2.75, 3.05) is 6.54 Å². The lowest BCUT2D eigenvalue weighted by Crippen LogP contribution is -2.25. The maximum Gasteiger partial charge on any atom is 0.242 e. The van der Waals surface area contributed by atoms with Crippen LogP contribution < -0.4 is 10.5 Å². The minimum absolute atomic E-state index is 0.146. The number of benzene rings is 1. The Balaban J connectivity index is 2.26. The first kappa shape index (κ1) is 15.3. The van der Waals surface area contributed by atoms with E-state index in [2.05, 4.69) is 21.7 Å². The van der Waals surface area contributed by atoms with Gasteiger partial charge in [0.1, 0.15) is 0 Å². The number of hydrogen-bond acceptors (Lipinski definition) is 4. The molecule has 21 heavy (non-hydrogen) atoms. The van der Waals surface area contributed by atoms with Gasteiger partial charge in [0, 0.05) is 18.8 Å². The summed E-state index contributed by atoms with van der Waals surface area (Å²) in [6, 6.07) is 8.32. The Kier molecular flexibility index (Phi) is 4.75. The van der Waals surface area contributed by atoms with Gasteiger partial charge >= 0.3 is 0 Å². The summed E-state index contributed by atoms with van der Waals surface area (Å²) in [4.78, 5) is 0.146. The van der Waals surface area contributed by atoms with E-state index in [1.807, 2.05) is 0 Å². The maximum absolute atomic E-state index is 12.4. The molecule has 110 valence electrons. The van der Waals surface area contributed by atoms with Crippen LogP contribution in [0.2, 0.25) is 0 Å². The van der Waals surface area contributed by atoms with Crippen LogP contribution in [-0.4, -0.2) is 24.7 Å². The van der Waals surface area contributed by atoms with Crippen molar-refractivity contribution in [3.63, 3.8) is 0 Å². The molecule has 0 bridgehead atoms. The standard InChI is InChI=1S/C14H16N4O2S/c1-18-13(8-10-16-18)11-17-21(19,20)14-7-3-2-5-12(14)6-4-9-15/h2-3,5,7-8,10,17H,9,11,15H2,1H3. The van der Waals surface area contributed by atoms with Crippen LogP contribution in [0.15, 0.2) is 41.4 Å². The number of aryl methyl sites for hydroxylation is 1. The molecular formula is C14H16N4O2S. The summed E-state index contributed by atoms with van der Waals surface area (Å²) in [5.41, 5.74) is 6.53. The van der Waals surface area contributed by atoms with E-state index in [-0.39, 0.29) is 18.0 Å². The van der Waals surface area contributed by atoms with Gasteiger partial charge in [0.2, 0.25) is 10.0 Å². The first-order valence-electron chi connectivity index (χ1n) is 6.29. The van der Waals surface area contributed by atoms with E-state index in [0.717, 1.165) is 5.69 Å². The third-order valence-electron chi connectivity index (χ3n) is 2.87. The fraction of sp³-hybridized carbons (Fsp3) is 0.214. The van der Waals surface area contributed by atoms with Crippen LogP contribution >= 0.6 is 0 Å². The van der Waals surface area contributed by atoms with Crippen LogP contribution in [-0.2, 0) is 23.6 Å². The van der Waals surface area contributed by atoms with Crippen LogP contribution in [0.4, 0.5) is 0 Å². The van der Waals surface area contributed by atoms with E-state index >= 15 is 0 Å². The number of rotatable bonds is 4. The Morgan fingerprint density at radius 3 is 2.76 bits per heavy atom. The largest absolute Gasteiger partial charge is 0.320 e. The number of nitrogens with two attached hydrogens (primary N) is 1. The summed E-state index contributed by atoms with van der Waals surface area (Å²) in [7, 11) is -1.89. The minimum atomic E-state index is -3.65. The molecule has 0 spiro atoms. The first-order chi connectivity index (χ1) is 10.0. The third kappa shape index (κ3) is 3.70. The molecule has 2 aromatic rings. The van der Waals surface area contributed by atoms with Crippen LogP contribution in [0.5, 0.6) is 0 Å². The molecule has 0 saturated heterocycles. The van der Waals surface area contributed by atoms with E-state index in [1.165, 1.54) is 6.07 Å². The normalized spacial score (nSPS) is 11.0. The van der Waals surface area contributed by atoms with E-state index < -0.39 is 10.0 Å². The van der Waals surface area contributed by atoms with E-state index in [1.54, 1.807) is 42.2 Å². The summed E-state index contributed by atoms with van der Waals surface area (Å²) in [5.74, 6) is 5.44. The molecule has 0 aliphatic rings. The monoisotopic (exact) mass is 304 g/mol. The van der Waals surface area contributed by atoms with Crippen molar-refractivity contribution < 1.29 is 8.42 Å². The molecule has 0 fully saturated rings. The van der Waals surface area contributed by atoms with Crippen LogP contribution in [0.25, 0.3) is 0 Å². The zero-order valence-corrected chi connectivity index (χ0v) is 12.4. The highest BCUT2D eigenvalue weighted by Gasteiger charge is 2.17. The lowest BCUT2D eigenvalue weighted by molar-refractivity contribution is 0.577. The first-order valence-corrected chi connectivity index (χ1v) is 7.77. The average molecular weight is 304 g/mol. The molecular weight excluding hydrogens is 288 g/mol. The summed E-state index contributed by atoms with van der Waals surface area (Å²) >= 11 is 0. The number of hydrogen-bond donors (Lipinski definition) is 2. The van der Waals surface area contributed by atoms with Crippen LogP contribution in [0.3, 0.4) is 0 Å². The van der Waals surface area contributed by atoms with Gasteiger partial charge < -0.3 is 5.73 Å². The van der Waals surface area contributed by atoms with Gasteiger partial charge in [-0.1, -0.05) is 24.0 Å². The van der Waals surface area contributed by atoms with Crippen molar-refractivity contribution in [3.05, 3.63) is 47.8 Å². The predicted molar refractivity (Wildman–Crippen MR) is 79.6 cm³/mol. The molecule has 0 aliphatic heterocycles. The van der Waals surface area contributed by atoms with Gasteiger partial charge in [0.15, 0.2) is 0 Å². The van der Waals surface area contributed by atoms with Gasteiger partial charge in [-0.05, 0) is 18.2 Å². The highest BCUT2D eigenvalue weighted by Crippen LogP contribution is 2.14. The van der Waals surface area contributed by atoms with Gasteiger partial charge in [-0.2, -0.15) is 5.10 Å². The van der Waals surface area contributed by atoms with E-state index in [4.69, 9.17) is 5.73 Å². The molecule has 0 radical (unpaired) electrons. The quantitative estimate of drug-likeness (QED) is 0.790. The third-order valence-corrected chi connectivity index (χ3v) is 4.33. The maximum atomic E-state index is 12.4. The molecule has 0 amide bonds. The fourth-order valence-corrected chi connectivity index (χ4v) is 2.93. The number of sulfonamides is 1. The smallest absolute Gasteiger partial charge is 0.242 e. The molecule has 1 heterocycles. The molecule has 3 N–H and O–H groups in total. The number of nitrogens with zero attached hydrogens (tertiary/aromatic N) is 2. The predicted octanol–water partition coefficient (Wildman–Crippen LogP) is 0.209. The zero-order valence-electron chi connectivity index (χ0n) is 11.6. The topological polar surface area (TPSA) is 90.0 Å². The Bertz CT molecular complexity index is 785. The second kappa shape index (κ2) is 6.54. The molecule has 0 unspecified atom stereocenters. The molecule has 0 atom stereocenters. The second-order valence-corrected chi connectivity index (χ2v) is 6.01. The van der Waals surface area contributed by atoms with E-state index in [0.29, 0.717) is 5.56 Å². The lowest BCUT2D eigenvalue weighted by Gasteiger charge is -2.08. The Hall–Kier alpha value is -2.14. The van der Waals surface area contributed by atoms with Crippen molar-refractivity contribution in [1.29, 1.82) is 0 Å². The Labute approximate surface area is 124 Å². The van der Waals surface area contributed by atoms with Crippen LogP contribution in [0.1, 0.15) is 11.3 Å². The number of nitrogens with one attached hydrogen (secondary N) is 1. The van der Waals surface area contributed by atoms with Crippen molar-refractivity contribution in [3.8, 4) is 11.8 Å². The average Bonchev–Trinajstić information content (AvgIpc) is 2.89. The molecule has 0 saturated carbocycles. The summed E-state index contributed by atoms with van der Waals surface area (Å²) in [6.07, 6.45) is 1.62. The minimum Gasteiger partial charge on any atom is -0.320 e. The van der Waals surface area contributed by atoms with Gasteiger partial charge in [-0.25, -0.2) is 13.1 Å². The summed E-state index contributed by atoms with van der Waals surface area (Å²) < 4.78 is 28.9. The molecule has 2 rings (SSSR count). The number of aromatic nitrogens is 2. The highest BCUT2D eigenvalue weighted by molar-refractivity contribution is 7.89. The van der Waals surface area contributed by atoms with Crippen molar-refractivity contribution >= 4 is 10.0 Å². The highest BCUT2D eigenvalue weighted by atomic mass is 32.2. The van der Waals surface area contributed by atoms with Gasteiger partial charge in [-0.3, -0.25) is 4.68 Å². The lowest BCUT2D eigenvalue weighted by atomic mass is 10.2. The summed E-state index contributed by atoms with van der Waals surface area (Å²) in [6.45, 7) is 0.342. The summed E-state index contributed by atoms with van der Waals surface area (Å²) in [5, 5.41) is 3.99. The molecule has 0 aliphatic carbocycles. The van der Waals surface area contributed by atoms with E-state index in [9.17, 15) is 8.42 Å². The fourth-order valence-electron chi connectivity index (χ4n) is 1.77. The SMILES string of the molecule is Cn1nccc1CNS(=O)(=O)c1ccccc1C#CCN. The molecule has 7 heteroatoms. The van der Waals surface area contributed by atoms with Crippen molar-refractivity contribution in [2.24, 2.45) is 12.8 Å². The van der Waals surface area contributed by atoms with Crippen molar-refractivity contribution in [1.82, 2.24) is 14.5 Å². The van der Waals surface area contributed by atoms with Crippen LogP contribution in [0, 0.1) is 11.8 Å².